The minimum absolute atomic E-state index is 0.0239. The smallest absolute Gasteiger partial charge is 0.261 e. The molecule has 3 N–H and O–H groups in total. The van der Waals surface area contributed by atoms with Crippen LogP contribution in [0.25, 0.3) is 0 Å². The van der Waals surface area contributed by atoms with Gasteiger partial charge >= 0.3 is 0 Å². The van der Waals surface area contributed by atoms with E-state index in [9.17, 15) is 9.59 Å². The Balaban J connectivity index is 1.39. The Morgan fingerprint density at radius 3 is 2.50 bits per heavy atom. The molecule has 0 saturated carbocycles. The summed E-state index contributed by atoms with van der Waals surface area (Å²) in [6, 6.07) is 3.97. The maximum Gasteiger partial charge on any atom is 0.261 e. The van der Waals surface area contributed by atoms with Gasteiger partial charge in [-0.2, -0.15) is 0 Å². The van der Waals surface area contributed by atoms with Crippen LogP contribution < -0.4 is 11.1 Å². The SMILES string of the molecule is NC(=O)C1CCN(Cc2ccc(C(=O)NCCN3CCCCC3)s2)CC1. The molecule has 2 fully saturated rings. The summed E-state index contributed by atoms with van der Waals surface area (Å²) in [6.45, 7) is 6.60. The molecule has 3 rings (SSSR count). The summed E-state index contributed by atoms with van der Waals surface area (Å²) in [5.41, 5.74) is 5.39. The standard InChI is InChI=1S/C19H30N4O2S/c20-18(24)15-6-11-23(12-7-15)14-16-4-5-17(26-16)19(25)21-8-13-22-9-2-1-3-10-22/h4-5,15H,1-3,6-14H2,(H2,20,24)(H,21,25). The Morgan fingerprint density at radius 1 is 1.08 bits per heavy atom. The van der Waals surface area contributed by atoms with Crippen LogP contribution in [0.4, 0.5) is 0 Å². The molecule has 0 aliphatic carbocycles. The number of thiophene rings is 1. The third-order valence-corrected chi connectivity index (χ3v) is 6.49. The number of hydrogen-bond acceptors (Lipinski definition) is 5. The topological polar surface area (TPSA) is 78.7 Å². The van der Waals surface area contributed by atoms with Crippen molar-refractivity contribution < 1.29 is 9.59 Å². The Hall–Kier alpha value is -1.44. The molecule has 0 unspecified atom stereocenters. The summed E-state index contributed by atoms with van der Waals surface area (Å²) in [5.74, 6) is -0.120. The first-order valence-electron chi connectivity index (χ1n) is 9.73. The highest BCUT2D eigenvalue weighted by Gasteiger charge is 2.23. The van der Waals surface area contributed by atoms with Gasteiger partial charge in [0.1, 0.15) is 0 Å². The quantitative estimate of drug-likeness (QED) is 0.756. The zero-order valence-corrected chi connectivity index (χ0v) is 16.2. The van der Waals surface area contributed by atoms with Gasteiger partial charge in [-0.25, -0.2) is 0 Å². The van der Waals surface area contributed by atoms with Crippen LogP contribution in [0.1, 0.15) is 46.7 Å². The van der Waals surface area contributed by atoms with Crippen molar-refractivity contribution in [3.05, 3.63) is 21.9 Å². The number of amides is 2. The maximum atomic E-state index is 12.3. The van der Waals surface area contributed by atoms with Crippen molar-refractivity contribution in [2.75, 3.05) is 39.3 Å². The van der Waals surface area contributed by atoms with E-state index in [-0.39, 0.29) is 17.7 Å². The molecular formula is C19H30N4O2S. The van der Waals surface area contributed by atoms with E-state index in [2.05, 4.69) is 15.1 Å². The number of primary amides is 1. The lowest BCUT2D eigenvalue weighted by Crippen LogP contribution is -2.38. The van der Waals surface area contributed by atoms with Gasteiger partial charge in [-0.15, -0.1) is 11.3 Å². The fourth-order valence-electron chi connectivity index (χ4n) is 3.78. The normalized spacial score (nSPS) is 20.2. The molecule has 6 nitrogen and oxygen atoms in total. The Kier molecular flexibility index (Phi) is 7.05. The second-order valence-electron chi connectivity index (χ2n) is 7.38. The molecule has 2 aliphatic rings. The van der Waals surface area contributed by atoms with E-state index < -0.39 is 0 Å². The van der Waals surface area contributed by atoms with Crippen LogP contribution in [0.3, 0.4) is 0 Å². The number of rotatable bonds is 7. The Morgan fingerprint density at radius 2 is 1.81 bits per heavy atom. The van der Waals surface area contributed by atoms with Gasteiger partial charge in [0, 0.05) is 30.4 Å². The van der Waals surface area contributed by atoms with Crippen LogP contribution in [0.15, 0.2) is 12.1 Å². The molecular weight excluding hydrogens is 348 g/mol. The van der Waals surface area contributed by atoms with E-state index in [1.54, 1.807) is 11.3 Å². The molecule has 0 radical (unpaired) electrons. The lowest BCUT2D eigenvalue weighted by molar-refractivity contribution is -0.123. The fraction of sp³-hybridized carbons (Fsp3) is 0.684. The number of carbonyl (C=O) groups excluding carboxylic acids is 2. The average molecular weight is 379 g/mol. The van der Waals surface area contributed by atoms with Crippen molar-refractivity contribution in [1.82, 2.24) is 15.1 Å². The van der Waals surface area contributed by atoms with Crippen LogP contribution in [0, 0.1) is 5.92 Å². The predicted molar refractivity (Wildman–Crippen MR) is 104 cm³/mol. The van der Waals surface area contributed by atoms with E-state index in [0.29, 0.717) is 6.54 Å². The minimum Gasteiger partial charge on any atom is -0.369 e. The van der Waals surface area contributed by atoms with Crippen LogP contribution >= 0.6 is 11.3 Å². The number of nitrogens with two attached hydrogens (primary N) is 1. The molecule has 144 valence electrons. The molecule has 0 atom stereocenters. The molecule has 3 heterocycles. The van der Waals surface area contributed by atoms with Crippen molar-refractivity contribution in [1.29, 1.82) is 0 Å². The zero-order valence-electron chi connectivity index (χ0n) is 15.4. The summed E-state index contributed by atoms with van der Waals surface area (Å²) < 4.78 is 0. The molecule has 1 aromatic rings. The Labute approximate surface area is 159 Å². The van der Waals surface area contributed by atoms with Gasteiger partial charge in [-0.3, -0.25) is 14.5 Å². The van der Waals surface area contributed by atoms with Gasteiger partial charge < -0.3 is 16.0 Å². The largest absolute Gasteiger partial charge is 0.369 e. The van der Waals surface area contributed by atoms with E-state index in [1.165, 1.54) is 24.1 Å². The molecule has 0 spiro atoms. The summed E-state index contributed by atoms with van der Waals surface area (Å²) in [5, 5.41) is 3.05. The second kappa shape index (κ2) is 9.48. The molecule has 2 amide bonds. The molecule has 0 bridgehead atoms. The first-order chi connectivity index (χ1) is 12.6. The third kappa shape index (κ3) is 5.53. The average Bonchev–Trinajstić information content (AvgIpc) is 3.11. The van der Waals surface area contributed by atoms with Gasteiger partial charge in [0.15, 0.2) is 0 Å². The highest BCUT2D eigenvalue weighted by atomic mass is 32.1. The van der Waals surface area contributed by atoms with Crippen molar-refractivity contribution in [2.24, 2.45) is 11.7 Å². The van der Waals surface area contributed by atoms with Crippen molar-refractivity contribution in [3.63, 3.8) is 0 Å². The highest BCUT2D eigenvalue weighted by Crippen LogP contribution is 2.22. The Bertz CT molecular complexity index is 604. The van der Waals surface area contributed by atoms with E-state index in [0.717, 1.165) is 57.0 Å². The number of hydrogen-bond donors (Lipinski definition) is 2. The van der Waals surface area contributed by atoms with Crippen LogP contribution in [-0.4, -0.2) is 60.9 Å². The monoisotopic (exact) mass is 378 g/mol. The van der Waals surface area contributed by atoms with Gasteiger partial charge in [-0.05, 0) is 64.0 Å². The van der Waals surface area contributed by atoms with Crippen molar-refractivity contribution in [3.8, 4) is 0 Å². The zero-order chi connectivity index (χ0) is 18.4. The van der Waals surface area contributed by atoms with E-state index in [4.69, 9.17) is 5.73 Å². The summed E-state index contributed by atoms with van der Waals surface area (Å²) >= 11 is 1.57. The number of carbonyl (C=O) groups is 2. The first-order valence-corrected chi connectivity index (χ1v) is 10.5. The molecule has 7 heteroatoms. The lowest BCUT2D eigenvalue weighted by Gasteiger charge is -2.29. The summed E-state index contributed by atoms with van der Waals surface area (Å²) in [4.78, 5) is 30.3. The molecule has 26 heavy (non-hydrogen) atoms. The molecule has 0 aromatic carbocycles. The lowest BCUT2D eigenvalue weighted by atomic mass is 9.96. The van der Waals surface area contributed by atoms with Crippen LogP contribution in [0.2, 0.25) is 0 Å². The van der Waals surface area contributed by atoms with Gasteiger partial charge in [0.2, 0.25) is 5.91 Å². The molecule has 1 aromatic heterocycles. The predicted octanol–water partition coefficient (Wildman–Crippen LogP) is 1.66. The summed E-state index contributed by atoms with van der Waals surface area (Å²) in [7, 11) is 0. The van der Waals surface area contributed by atoms with E-state index >= 15 is 0 Å². The van der Waals surface area contributed by atoms with Gasteiger partial charge in [0.25, 0.3) is 5.91 Å². The van der Waals surface area contributed by atoms with Crippen LogP contribution in [-0.2, 0) is 11.3 Å². The maximum absolute atomic E-state index is 12.3. The number of piperidine rings is 2. The van der Waals surface area contributed by atoms with Crippen LogP contribution in [0.5, 0.6) is 0 Å². The van der Waals surface area contributed by atoms with E-state index in [1.807, 2.05) is 12.1 Å². The molecule has 2 aliphatic heterocycles. The summed E-state index contributed by atoms with van der Waals surface area (Å²) in [6.07, 6.45) is 5.56. The first kappa shape index (κ1) is 19.3. The van der Waals surface area contributed by atoms with Crippen molar-refractivity contribution in [2.45, 2.75) is 38.6 Å². The minimum atomic E-state index is -0.177. The fourth-order valence-corrected chi connectivity index (χ4v) is 4.75. The van der Waals surface area contributed by atoms with Gasteiger partial charge in [-0.1, -0.05) is 6.42 Å². The number of nitrogens with one attached hydrogen (secondary N) is 1. The molecule has 2 saturated heterocycles. The number of likely N-dealkylation sites (tertiary alicyclic amines) is 2. The van der Waals surface area contributed by atoms with Crippen molar-refractivity contribution >= 4 is 23.2 Å². The second-order valence-corrected chi connectivity index (χ2v) is 8.55. The highest BCUT2D eigenvalue weighted by molar-refractivity contribution is 7.14. The number of nitrogens with zero attached hydrogens (tertiary/aromatic N) is 2. The van der Waals surface area contributed by atoms with Gasteiger partial charge in [0.05, 0.1) is 4.88 Å². The third-order valence-electron chi connectivity index (χ3n) is 5.42.